The number of thioether (sulfide) groups is 2. The zero-order chi connectivity index (χ0) is 16.1. The fraction of sp³-hybridized carbons (Fsp3) is 0.526. The molecule has 2 unspecified atom stereocenters. The van der Waals surface area contributed by atoms with Crippen LogP contribution in [0, 0.1) is 0 Å². The molecule has 2 aromatic rings. The molecule has 2 nitrogen and oxygen atoms in total. The molecular weight excluding hydrogens is 320 g/mol. The summed E-state index contributed by atoms with van der Waals surface area (Å²) in [7, 11) is 0. The SMILES string of the molecule is CCCc1ccc(CC2(Cn3ccnc3)SCC(CC)S2)cc1. The molecule has 3 rings (SSSR count). The fourth-order valence-corrected chi connectivity index (χ4v) is 6.97. The first-order valence-electron chi connectivity index (χ1n) is 8.58. The number of hydrogen-bond donors (Lipinski definition) is 0. The summed E-state index contributed by atoms with van der Waals surface area (Å²) < 4.78 is 2.48. The van der Waals surface area contributed by atoms with Crippen molar-refractivity contribution in [3.8, 4) is 0 Å². The largest absolute Gasteiger partial charge is 0.335 e. The summed E-state index contributed by atoms with van der Waals surface area (Å²) in [6.45, 7) is 5.59. The van der Waals surface area contributed by atoms with E-state index in [9.17, 15) is 0 Å². The minimum absolute atomic E-state index is 0.244. The Bertz CT molecular complexity index is 594. The third-order valence-corrected chi connectivity index (χ3v) is 8.14. The van der Waals surface area contributed by atoms with Gasteiger partial charge < -0.3 is 4.57 Å². The van der Waals surface area contributed by atoms with E-state index in [0.717, 1.165) is 18.2 Å². The highest BCUT2D eigenvalue weighted by atomic mass is 32.2. The summed E-state index contributed by atoms with van der Waals surface area (Å²) in [6.07, 6.45) is 10.7. The molecule has 2 atom stereocenters. The van der Waals surface area contributed by atoms with Crippen LogP contribution in [-0.2, 0) is 19.4 Å². The van der Waals surface area contributed by atoms with Crippen LogP contribution in [-0.4, -0.2) is 24.6 Å². The number of aryl methyl sites for hydroxylation is 1. The number of rotatable bonds is 7. The van der Waals surface area contributed by atoms with E-state index in [4.69, 9.17) is 0 Å². The Balaban J connectivity index is 1.75. The zero-order valence-electron chi connectivity index (χ0n) is 14.1. The fourth-order valence-electron chi connectivity index (χ4n) is 3.13. The van der Waals surface area contributed by atoms with Crippen LogP contribution >= 0.6 is 23.5 Å². The lowest BCUT2D eigenvalue weighted by atomic mass is 10.0. The molecule has 23 heavy (non-hydrogen) atoms. The molecule has 1 saturated heterocycles. The van der Waals surface area contributed by atoms with Crippen molar-refractivity contribution in [2.75, 3.05) is 5.75 Å². The molecule has 4 heteroatoms. The summed E-state index contributed by atoms with van der Waals surface area (Å²) >= 11 is 4.32. The molecule has 0 aliphatic carbocycles. The van der Waals surface area contributed by atoms with Crippen LogP contribution in [0.15, 0.2) is 43.0 Å². The van der Waals surface area contributed by atoms with E-state index in [1.807, 2.05) is 12.5 Å². The van der Waals surface area contributed by atoms with Crippen molar-refractivity contribution in [3.05, 3.63) is 54.1 Å². The van der Waals surface area contributed by atoms with E-state index in [-0.39, 0.29) is 4.08 Å². The van der Waals surface area contributed by atoms with Crippen LogP contribution < -0.4 is 0 Å². The van der Waals surface area contributed by atoms with Crippen molar-refractivity contribution in [2.24, 2.45) is 0 Å². The Hall–Kier alpha value is -0.870. The number of benzene rings is 1. The van der Waals surface area contributed by atoms with Gasteiger partial charge in [0.15, 0.2) is 0 Å². The maximum Gasteiger partial charge on any atom is 0.0946 e. The van der Waals surface area contributed by atoms with E-state index in [1.54, 1.807) is 0 Å². The molecule has 124 valence electrons. The minimum atomic E-state index is 0.244. The minimum Gasteiger partial charge on any atom is -0.335 e. The van der Waals surface area contributed by atoms with Crippen molar-refractivity contribution < 1.29 is 0 Å². The van der Waals surface area contributed by atoms with E-state index in [1.165, 1.54) is 36.1 Å². The van der Waals surface area contributed by atoms with Gasteiger partial charge in [0, 0.05) is 29.9 Å². The third kappa shape index (κ3) is 4.36. The zero-order valence-corrected chi connectivity index (χ0v) is 15.7. The highest BCUT2D eigenvalue weighted by Gasteiger charge is 2.40. The van der Waals surface area contributed by atoms with Gasteiger partial charge in [0.25, 0.3) is 0 Å². The average molecular weight is 347 g/mol. The summed E-state index contributed by atoms with van der Waals surface area (Å²) in [5.74, 6) is 1.27. The Morgan fingerprint density at radius 2 is 2.00 bits per heavy atom. The van der Waals surface area contributed by atoms with Gasteiger partial charge in [0.1, 0.15) is 0 Å². The van der Waals surface area contributed by atoms with Gasteiger partial charge in [0.2, 0.25) is 0 Å². The second-order valence-electron chi connectivity index (χ2n) is 6.35. The molecule has 1 aromatic carbocycles. The molecule has 0 saturated carbocycles. The van der Waals surface area contributed by atoms with E-state index < -0.39 is 0 Å². The van der Waals surface area contributed by atoms with Crippen molar-refractivity contribution in [3.63, 3.8) is 0 Å². The molecule has 1 aliphatic rings. The number of aromatic nitrogens is 2. The third-order valence-electron chi connectivity index (χ3n) is 4.39. The van der Waals surface area contributed by atoms with E-state index in [2.05, 4.69) is 77.4 Å². The molecule has 0 amide bonds. The average Bonchev–Trinajstić information content (AvgIpc) is 3.20. The summed E-state index contributed by atoms with van der Waals surface area (Å²) in [4.78, 5) is 4.22. The quantitative estimate of drug-likeness (QED) is 0.700. The first-order valence-corrected chi connectivity index (χ1v) is 10.4. The van der Waals surface area contributed by atoms with Crippen molar-refractivity contribution >= 4 is 23.5 Å². The Labute approximate surface area is 148 Å². The Morgan fingerprint density at radius 1 is 1.22 bits per heavy atom. The number of nitrogens with zero attached hydrogens (tertiary/aromatic N) is 2. The normalized spacial score (nSPS) is 24.2. The molecular formula is C19H26N2S2. The van der Waals surface area contributed by atoms with E-state index in [0.29, 0.717) is 0 Å². The molecule has 0 bridgehead atoms. The van der Waals surface area contributed by atoms with Crippen LogP contribution in [0.4, 0.5) is 0 Å². The maximum absolute atomic E-state index is 4.22. The van der Waals surface area contributed by atoms with Crippen LogP contribution in [0.1, 0.15) is 37.8 Å². The van der Waals surface area contributed by atoms with Crippen molar-refractivity contribution in [1.29, 1.82) is 0 Å². The monoisotopic (exact) mass is 346 g/mol. The van der Waals surface area contributed by atoms with Gasteiger partial charge in [-0.15, -0.1) is 23.5 Å². The van der Waals surface area contributed by atoms with Crippen LogP contribution in [0.2, 0.25) is 0 Å². The molecule has 1 aliphatic heterocycles. The summed E-state index contributed by atoms with van der Waals surface area (Å²) in [5.41, 5.74) is 2.92. The topological polar surface area (TPSA) is 17.8 Å². The van der Waals surface area contributed by atoms with Gasteiger partial charge in [-0.25, -0.2) is 4.98 Å². The molecule has 0 radical (unpaired) electrons. The second kappa shape index (κ2) is 7.80. The Kier molecular flexibility index (Phi) is 5.76. The smallest absolute Gasteiger partial charge is 0.0946 e. The predicted molar refractivity (Wildman–Crippen MR) is 103 cm³/mol. The standard InChI is InChI=1S/C19H26N2S2/c1-3-5-16-6-8-17(9-7-16)12-19(14-21-11-10-20-15-21)22-13-18(4-2)23-19/h6-11,15,18H,3-5,12-14H2,1-2H3. The van der Waals surface area contributed by atoms with Gasteiger partial charge in [0.05, 0.1) is 10.4 Å². The van der Waals surface area contributed by atoms with Gasteiger partial charge in [-0.2, -0.15) is 0 Å². The lowest BCUT2D eigenvalue weighted by Gasteiger charge is -2.28. The second-order valence-corrected chi connectivity index (χ2v) is 9.69. The predicted octanol–water partition coefficient (Wildman–Crippen LogP) is 5.03. The van der Waals surface area contributed by atoms with Gasteiger partial charge in [-0.05, 0) is 30.4 Å². The van der Waals surface area contributed by atoms with Crippen LogP contribution in [0.3, 0.4) is 0 Å². The highest BCUT2D eigenvalue weighted by molar-refractivity contribution is 8.21. The van der Waals surface area contributed by atoms with Gasteiger partial charge in [-0.1, -0.05) is 44.5 Å². The maximum atomic E-state index is 4.22. The Morgan fingerprint density at radius 3 is 2.61 bits per heavy atom. The van der Waals surface area contributed by atoms with Crippen LogP contribution in [0.25, 0.3) is 0 Å². The molecule has 1 aromatic heterocycles. The first kappa shape index (κ1) is 17.0. The molecule has 2 heterocycles. The van der Waals surface area contributed by atoms with Gasteiger partial charge >= 0.3 is 0 Å². The summed E-state index contributed by atoms with van der Waals surface area (Å²) in [6, 6.07) is 9.29. The van der Waals surface area contributed by atoms with E-state index >= 15 is 0 Å². The van der Waals surface area contributed by atoms with Crippen molar-refractivity contribution in [1.82, 2.24) is 9.55 Å². The lowest BCUT2D eigenvalue weighted by Crippen LogP contribution is -2.27. The van der Waals surface area contributed by atoms with Crippen LogP contribution in [0.5, 0.6) is 0 Å². The molecule has 0 N–H and O–H groups in total. The molecule has 1 fully saturated rings. The molecule has 0 spiro atoms. The number of hydrogen-bond acceptors (Lipinski definition) is 3. The number of imidazole rings is 1. The summed E-state index contributed by atoms with van der Waals surface area (Å²) in [5, 5.41) is 0.780. The highest BCUT2D eigenvalue weighted by Crippen LogP contribution is 2.51. The first-order chi connectivity index (χ1) is 11.2. The van der Waals surface area contributed by atoms with Crippen molar-refractivity contribution in [2.45, 2.75) is 55.4 Å². The van der Waals surface area contributed by atoms with Gasteiger partial charge in [-0.3, -0.25) is 0 Å². The lowest BCUT2D eigenvalue weighted by molar-refractivity contribution is 0.624.